The zero-order valence-electron chi connectivity index (χ0n) is 9.27. The molecule has 0 saturated carbocycles. The fourth-order valence-corrected chi connectivity index (χ4v) is 1.54. The lowest BCUT2D eigenvalue weighted by Gasteiger charge is -2.20. The second kappa shape index (κ2) is 4.30. The number of nitrogens with zero attached hydrogens (tertiary/aromatic N) is 1. The van der Waals surface area contributed by atoms with Gasteiger partial charge in [-0.25, -0.2) is 8.78 Å². The zero-order chi connectivity index (χ0) is 12.5. The van der Waals surface area contributed by atoms with E-state index in [-0.39, 0.29) is 21.2 Å². The molecule has 16 heavy (non-hydrogen) atoms. The maximum absolute atomic E-state index is 12.8. The first-order chi connectivity index (χ1) is 7.27. The van der Waals surface area contributed by atoms with Gasteiger partial charge >= 0.3 is 0 Å². The molecule has 1 heterocycles. The molecule has 0 aliphatic carbocycles. The van der Waals surface area contributed by atoms with Crippen LogP contribution >= 0.6 is 12.2 Å². The van der Waals surface area contributed by atoms with Crippen molar-refractivity contribution in [3.63, 3.8) is 0 Å². The molecular formula is C11H12F2N2S. The van der Waals surface area contributed by atoms with Gasteiger partial charge in [0.15, 0.2) is 0 Å². The highest BCUT2D eigenvalue weighted by atomic mass is 32.1. The molecule has 0 bridgehead atoms. The molecule has 0 atom stereocenters. The van der Waals surface area contributed by atoms with E-state index in [4.69, 9.17) is 17.5 Å². The van der Waals surface area contributed by atoms with Crippen molar-refractivity contribution in [2.24, 2.45) is 0 Å². The number of pyridine rings is 1. The molecule has 1 aromatic heterocycles. The summed E-state index contributed by atoms with van der Waals surface area (Å²) in [7, 11) is 0. The second-order valence-corrected chi connectivity index (χ2v) is 4.91. The van der Waals surface area contributed by atoms with Crippen LogP contribution < -0.4 is 0 Å². The van der Waals surface area contributed by atoms with Crippen molar-refractivity contribution in [2.75, 3.05) is 0 Å². The van der Waals surface area contributed by atoms with Gasteiger partial charge in [0.2, 0.25) is 0 Å². The summed E-state index contributed by atoms with van der Waals surface area (Å²) in [6.45, 7) is 5.65. The third-order valence-corrected chi connectivity index (χ3v) is 2.52. The number of rotatable bonds is 1. The molecule has 0 spiro atoms. The minimum atomic E-state index is -2.69. The Balaban J connectivity index is 3.55. The van der Waals surface area contributed by atoms with Gasteiger partial charge in [0, 0.05) is 16.7 Å². The van der Waals surface area contributed by atoms with Crippen molar-refractivity contribution in [3.05, 3.63) is 27.5 Å². The van der Waals surface area contributed by atoms with E-state index in [1.54, 1.807) is 6.07 Å². The predicted molar refractivity (Wildman–Crippen MR) is 60.0 cm³/mol. The molecule has 1 aromatic rings. The number of H-pyrrole nitrogens is 1. The van der Waals surface area contributed by atoms with Gasteiger partial charge in [-0.2, -0.15) is 5.26 Å². The van der Waals surface area contributed by atoms with E-state index in [9.17, 15) is 8.78 Å². The van der Waals surface area contributed by atoms with Gasteiger partial charge < -0.3 is 4.98 Å². The number of hydrogen-bond donors (Lipinski definition) is 1. The number of aromatic nitrogens is 1. The van der Waals surface area contributed by atoms with Crippen molar-refractivity contribution in [1.29, 1.82) is 5.26 Å². The zero-order valence-corrected chi connectivity index (χ0v) is 10.1. The predicted octanol–water partition coefficient (Wildman–Crippen LogP) is 3.85. The van der Waals surface area contributed by atoms with E-state index >= 15 is 0 Å². The number of halogens is 2. The van der Waals surface area contributed by atoms with Crippen molar-refractivity contribution in [1.82, 2.24) is 4.98 Å². The monoisotopic (exact) mass is 242 g/mol. The number of hydrogen-bond acceptors (Lipinski definition) is 2. The highest BCUT2D eigenvalue weighted by molar-refractivity contribution is 7.71. The van der Waals surface area contributed by atoms with Crippen LogP contribution in [0.1, 0.15) is 44.0 Å². The first-order valence-corrected chi connectivity index (χ1v) is 5.14. The molecule has 0 aliphatic heterocycles. The number of nitriles is 1. The third kappa shape index (κ3) is 2.45. The third-order valence-electron chi connectivity index (χ3n) is 2.22. The molecule has 0 radical (unpaired) electrons. The van der Waals surface area contributed by atoms with Gasteiger partial charge in [-0.05, 0) is 6.07 Å². The van der Waals surface area contributed by atoms with Crippen LogP contribution in [0, 0.1) is 16.0 Å². The smallest absolute Gasteiger partial charge is 0.265 e. The van der Waals surface area contributed by atoms with Gasteiger partial charge in [0.1, 0.15) is 10.7 Å². The number of nitrogens with one attached hydrogen (secondary N) is 1. The Bertz CT molecular complexity index is 492. The molecule has 86 valence electrons. The normalized spacial score (nSPS) is 11.6. The minimum Gasteiger partial charge on any atom is -0.348 e. The molecule has 1 rings (SSSR count). The SMILES string of the molecule is CC(C)(C)c1cc(C(F)F)c(C#N)c(=S)[nH]1. The van der Waals surface area contributed by atoms with Gasteiger partial charge in [-0.1, -0.05) is 33.0 Å². The van der Waals surface area contributed by atoms with Crippen LogP contribution in [0.15, 0.2) is 6.07 Å². The van der Waals surface area contributed by atoms with E-state index < -0.39 is 6.43 Å². The first kappa shape index (κ1) is 12.8. The molecule has 0 aliphatic rings. The topological polar surface area (TPSA) is 39.6 Å². The highest BCUT2D eigenvalue weighted by Gasteiger charge is 2.21. The maximum atomic E-state index is 12.8. The van der Waals surface area contributed by atoms with Crippen molar-refractivity contribution in [2.45, 2.75) is 32.6 Å². The van der Waals surface area contributed by atoms with Crippen LogP contribution in [-0.2, 0) is 5.41 Å². The lowest BCUT2D eigenvalue weighted by atomic mass is 9.90. The quantitative estimate of drug-likeness (QED) is 0.760. The molecule has 0 amide bonds. The Labute approximate surface area is 97.9 Å². The maximum Gasteiger partial charge on any atom is 0.265 e. The summed E-state index contributed by atoms with van der Waals surface area (Å²) >= 11 is 4.90. The van der Waals surface area contributed by atoms with Crippen molar-refractivity contribution < 1.29 is 8.78 Å². The van der Waals surface area contributed by atoms with E-state index in [0.29, 0.717) is 5.69 Å². The van der Waals surface area contributed by atoms with Gasteiger partial charge in [-0.3, -0.25) is 0 Å². The van der Waals surface area contributed by atoms with E-state index in [1.165, 1.54) is 6.07 Å². The lowest BCUT2D eigenvalue weighted by molar-refractivity contribution is 0.150. The fraction of sp³-hybridized carbons (Fsp3) is 0.455. The van der Waals surface area contributed by atoms with Crippen molar-refractivity contribution in [3.8, 4) is 6.07 Å². The van der Waals surface area contributed by atoms with Crippen LogP contribution in [0.25, 0.3) is 0 Å². The molecule has 0 aromatic carbocycles. The largest absolute Gasteiger partial charge is 0.348 e. The lowest BCUT2D eigenvalue weighted by Crippen LogP contribution is -2.15. The van der Waals surface area contributed by atoms with E-state index in [0.717, 1.165) is 0 Å². The molecule has 5 heteroatoms. The van der Waals surface area contributed by atoms with E-state index in [2.05, 4.69) is 4.98 Å². The Morgan fingerprint density at radius 3 is 2.38 bits per heavy atom. The Kier molecular flexibility index (Phi) is 3.44. The molecule has 0 unspecified atom stereocenters. The van der Waals surface area contributed by atoms with Crippen LogP contribution in [-0.4, -0.2) is 4.98 Å². The van der Waals surface area contributed by atoms with Gasteiger partial charge in [0.05, 0.1) is 5.56 Å². The Morgan fingerprint density at radius 2 is 2.00 bits per heavy atom. The van der Waals surface area contributed by atoms with Crippen molar-refractivity contribution >= 4 is 12.2 Å². The second-order valence-electron chi connectivity index (χ2n) is 4.50. The molecular weight excluding hydrogens is 230 g/mol. The average Bonchev–Trinajstić information content (AvgIpc) is 2.14. The fourth-order valence-electron chi connectivity index (χ4n) is 1.27. The standard InChI is InChI=1S/C11H12F2N2S/c1-11(2,3)8-4-6(9(12)13)7(5-14)10(16)15-8/h4,9H,1-3H3,(H,15,16). The Hall–Kier alpha value is -1.28. The average molecular weight is 242 g/mol. The van der Waals surface area contributed by atoms with Crippen LogP contribution in [0.5, 0.6) is 0 Å². The Morgan fingerprint density at radius 1 is 1.44 bits per heavy atom. The summed E-state index contributed by atoms with van der Waals surface area (Å²) < 4.78 is 25.6. The summed E-state index contributed by atoms with van der Waals surface area (Å²) in [5.41, 5.74) is -0.147. The van der Waals surface area contributed by atoms with Gasteiger partial charge in [-0.15, -0.1) is 0 Å². The van der Waals surface area contributed by atoms with E-state index in [1.807, 2.05) is 20.8 Å². The van der Waals surface area contributed by atoms with Crippen LogP contribution in [0.3, 0.4) is 0 Å². The molecule has 0 saturated heterocycles. The summed E-state index contributed by atoms with van der Waals surface area (Å²) in [6.07, 6.45) is -2.69. The summed E-state index contributed by atoms with van der Waals surface area (Å²) in [5, 5.41) is 8.77. The van der Waals surface area contributed by atoms with Crippen LogP contribution in [0.2, 0.25) is 0 Å². The van der Waals surface area contributed by atoms with Crippen LogP contribution in [0.4, 0.5) is 8.78 Å². The molecule has 0 fully saturated rings. The first-order valence-electron chi connectivity index (χ1n) is 4.73. The minimum absolute atomic E-state index is 0.0743. The number of aromatic amines is 1. The summed E-state index contributed by atoms with van der Waals surface area (Å²) in [6, 6.07) is 3.03. The highest BCUT2D eigenvalue weighted by Crippen LogP contribution is 2.28. The summed E-state index contributed by atoms with van der Waals surface area (Å²) in [4.78, 5) is 2.82. The number of alkyl halides is 2. The van der Waals surface area contributed by atoms with Gasteiger partial charge in [0.25, 0.3) is 6.43 Å². The molecule has 1 N–H and O–H groups in total. The molecule has 2 nitrogen and oxygen atoms in total. The summed E-state index contributed by atoms with van der Waals surface area (Å²) in [5.74, 6) is 0.